The van der Waals surface area contributed by atoms with Gasteiger partial charge in [-0.25, -0.2) is 0 Å². The number of methoxy groups -OCH3 is 1. The number of carbonyl (C=O) groups is 1. The lowest BCUT2D eigenvalue weighted by Crippen LogP contribution is -2.16. The van der Waals surface area contributed by atoms with Crippen molar-refractivity contribution in [3.8, 4) is 23.3 Å². The van der Waals surface area contributed by atoms with Crippen LogP contribution in [0.2, 0.25) is 0 Å². The summed E-state index contributed by atoms with van der Waals surface area (Å²) in [7, 11) is 1.52. The second kappa shape index (κ2) is 7.41. The second-order valence-corrected chi connectivity index (χ2v) is 5.24. The number of para-hydroxylation sites is 1. The molecule has 0 aromatic heterocycles. The lowest BCUT2D eigenvalue weighted by atomic mass is 10.1. The van der Waals surface area contributed by atoms with Crippen molar-refractivity contribution in [2.45, 2.75) is 0 Å². The average molecular weight is 336 g/mol. The fraction of sp³-hybridized carbons (Fsp3) is 0.158. The largest absolute Gasteiger partial charge is 0.493 e. The van der Waals surface area contributed by atoms with Crippen LogP contribution in [0.1, 0.15) is 5.56 Å². The summed E-state index contributed by atoms with van der Waals surface area (Å²) in [4.78, 5) is 12.3. The van der Waals surface area contributed by atoms with Gasteiger partial charge in [-0.15, -0.1) is 0 Å². The number of nitriles is 1. The molecule has 0 spiro atoms. The maximum Gasteiger partial charge on any atom is 0.266 e. The van der Waals surface area contributed by atoms with Crippen LogP contribution in [0, 0.1) is 11.3 Å². The third kappa shape index (κ3) is 3.72. The second-order valence-electron chi connectivity index (χ2n) is 5.24. The molecule has 0 fully saturated rings. The molecule has 25 heavy (non-hydrogen) atoms. The molecule has 6 heteroatoms. The van der Waals surface area contributed by atoms with Crippen LogP contribution in [0.15, 0.2) is 48.0 Å². The molecule has 0 bridgehead atoms. The molecule has 1 aliphatic heterocycles. The van der Waals surface area contributed by atoms with Crippen LogP contribution in [0.4, 0.5) is 5.69 Å². The summed E-state index contributed by atoms with van der Waals surface area (Å²) in [5.41, 5.74) is 1.21. The highest BCUT2D eigenvalue weighted by atomic mass is 16.6. The molecule has 2 aromatic carbocycles. The van der Waals surface area contributed by atoms with E-state index in [1.165, 1.54) is 13.2 Å². The highest BCUT2D eigenvalue weighted by molar-refractivity contribution is 6.09. The summed E-state index contributed by atoms with van der Waals surface area (Å²) in [6, 6.07) is 14.3. The Morgan fingerprint density at radius 2 is 2.00 bits per heavy atom. The minimum Gasteiger partial charge on any atom is -0.493 e. The molecule has 0 aliphatic carbocycles. The number of amides is 1. The van der Waals surface area contributed by atoms with Crippen molar-refractivity contribution in [3.63, 3.8) is 0 Å². The molecule has 1 amide bonds. The zero-order valence-corrected chi connectivity index (χ0v) is 13.6. The molecule has 1 aliphatic rings. The van der Waals surface area contributed by atoms with E-state index in [1.54, 1.807) is 36.4 Å². The van der Waals surface area contributed by atoms with E-state index in [1.807, 2.05) is 12.1 Å². The van der Waals surface area contributed by atoms with Gasteiger partial charge in [0.1, 0.15) is 24.9 Å². The Morgan fingerprint density at radius 1 is 1.24 bits per heavy atom. The summed E-state index contributed by atoms with van der Waals surface area (Å²) < 4.78 is 16.4. The highest BCUT2D eigenvalue weighted by Crippen LogP contribution is 2.40. The summed E-state index contributed by atoms with van der Waals surface area (Å²) >= 11 is 0. The van der Waals surface area contributed by atoms with E-state index in [0.717, 1.165) is 0 Å². The van der Waals surface area contributed by atoms with Crippen LogP contribution in [0.25, 0.3) is 6.08 Å². The molecule has 0 saturated carbocycles. The molecular weight excluding hydrogens is 320 g/mol. The van der Waals surface area contributed by atoms with E-state index in [9.17, 15) is 10.1 Å². The number of anilines is 1. The van der Waals surface area contributed by atoms with Crippen LogP contribution in [-0.2, 0) is 4.79 Å². The van der Waals surface area contributed by atoms with E-state index in [4.69, 9.17) is 14.2 Å². The number of carbonyl (C=O) groups excluding carboxylic acids is 1. The first-order chi connectivity index (χ1) is 12.2. The van der Waals surface area contributed by atoms with E-state index < -0.39 is 5.91 Å². The van der Waals surface area contributed by atoms with Gasteiger partial charge in [0.2, 0.25) is 5.75 Å². The van der Waals surface area contributed by atoms with Gasteiger partial charge in [-0.1, -0.05) is 18.2 Å². The molecule has 3 rings (SSSR count). The van der Waals surface area contributed by atoms with Crippen molar-refractivity contribution < 1.29 is 19.0 Å². The third-order valence-corrected chi connectivity index (χ3v) is 3.56. The topological polar surface area (TPSA) is 80.6 Å². The molecule has 2 aromatic rings. The number of benzene rings is 2. The van der Waals surface area contributed by atoms with Crippen molar-refractivity contribution in [3.05, 3.63) is 53.6 Å². The minimum atomic E-state index is -0.484. The number of hydrogen-bond acceptors (Lipinski definition) is 5. The monoisotopic (exact) mass is 336 g/mol. The van der Waals surface area contributed by atoms with Crippen molar-refractivity contribution in [1.82, 2.24) is 0 Å². The molecule has 0 saturated heterocycles. The quantitative estimate of drug-likeness (QED) is 0.686. The van der Waals surface area contributed by atoms with Gasteiger partial charge in [-0.2, -0.15) is 5.26 Å². The van der Waals surface area contributed by atoms with Crippen LogP contribution < -0.4 is 19.5 Å². The van der Waals surface area contributed by atoms with Crippen molar-refractivity contribution in [2.24, 2.45) is 0 Å². The van der Waals surface area contributed by atoms with E-state index in [-0.39, 0.29) is 5.57 Å². The SMILES string of the molecule is COc1cc(/C=C(\C#N)C(=O)Nc2ccccc2)cc2c1OCCO2. The van der Waals surface area contributed by atoms with Crippen LogP contribution in [0.3, 0.4) is 0 Å². The molecule has 0 radical (unpaired) electrons. The Hall–Kier alpha value is -3.46. The van der Waals surface area contributed by atoms with Gasteiger partial charge in [0.15, 0.2) is 11.5 Å². The van der Waals surface area contributed by atoms with Gasteiger partial charge in [0, 0.05) is 5.69 Å². The van der Waals surface area contributed by atoms with Crippen LogP contribution >= 0.6 is 0 Å². The Labute approximate surface area is 145 Å². The maximum atomic E-state index is 12.3. The summed E-state index contributed by atoms with van der Waals surface area (Å²) in [6.45, 7) is 0.879. The first-order valence-electron chi connectivity index (χ1n) is 7.67. The molecule has 0 unspecified atom stereocenters. The average Bonchev–Trinajstić information content (AvgIpc) is 2.66. The fourth-order valence-corrected chi connectivity index (χ4v) is 2.41. The van der Waals surface area contributed by atoms with E-state index >= 15 is 0 Å². The van der Waals surface area contributed by atoms with Crippen LogP contribution in [0.5, 0.6) is 17.2 Å². The third-order valence-electron chi connectivity index (χ3n) is 3.56. The van der Waals surface area contributed by atoms with Crippen molar-refractivity contribution in [1.29, 1.82) is 5.26 Å². The van der Waals surface area contributed by atoms with Gasteiger partial charge in [0.25, 0.3) is 5.91 Å². The van der Waals surface area contributed by atoms with Crippen molar-refractivity contribution in [2.75, 3.05) is 25.6 Å². The molecule has 1 N–H and O–H groups in total. The lowest BCUT2D eigenvalue weighted by molar-refractivity contribution is -0.112. The Bertz CT molecular complexity index is 836. The molecule has 1 heterocycles. The van der Waals surface area contributed by atoms with Gasteiger partial charge in [-0.05, 0) is 35.9 Å². The lowest BCUT2D eigenvalue weighted by Gasteiger charge is -2.21. The number of nitrogens with one attached hydrogen (secondary N) is 1. The normalized spacial score (nSPS) is 12.9. The van der Waals surface area contributed by atoms with Gasteiger partial charge < -0.3 is 19.5 Å². The fourth-order valence-electron chi connectivity index (χ4n) is 2.41. The van der Waals surface area contributed by atoms with Crippen molar-refractivity contribution >= 4 is 17.7 Å². The van der Waals surface area contributed by atoms with E-state index in [2.05, 4.69) is 5.32 Å². The Kier molecular flexibility index (Phi) is 4.86. The number of fused-ring (bicyclic) bond motifs is 1. The summed E-state index contributed by atoms with van der Waals surface area (Å²) in [6.07, 6.45) is 1.49. The minimum absolute atomic E-state index is 0.0254. The Morgan fingerprint density at radius 3 is 2.72 bits per heavy atom. The zero-order valence-electron chi connectivity index (χ0n) is 13.6. The van der Waals surface area contributed by atoms with Gasteiger partial charge in [0.05, 0.1) is 7.11 Å². The molecular formula is C19H16N2O4. The summed E-state index contributed by atoms with van der Waals surface area (Å²) in [5.74, 6) is 1.06. The predicted molar refractivity (Wildman–Crippen MR) is 92.6 cm³/mol. The standard InChI is InChI=1S/C19H16N2O4/c1-23-16-10-13(11-17-18(16)25-8-7-24-17)9-14(12-20)19(22)21-15-5-3-2-4-6-15/h2-6,9-11H,7-8H2,1H3,(H,21,22)/b14-9+. The van der Waals surface area contributed by atoms with Gasteiger partial charge in [-0.3, -0.25) is 4.79 Å². The maximum absolute atomic E-state index is 12.3. The smallest absolute Gasteiger partial charge is 0.266 e. The van der Waals surface area contributed by atoms with E-state index in [0.29, 0.717) is 41.7 Å². The molecule has 0 atom stereocenters. The summed E-state index contributed by atoms with van der Waals surface area (Å²) in [5, 5.41) is 12.0. The number of rotatable bonds is 4. The first-order valence-corrected chi connectivity index (χ1v) is 7.67. The number of hydrogen-bond donors (Lipinski definition) is 1. The first kappa shape index (κ1) is 16.4. The Balaban J connectivity index is 1.89. The zero-order chi connectivity index (χ0) is 17.6. The number of ether oxygens (including phenoxy) is 3. The van der Waals surface area contributed by atoms with Crippen LogP contribution in [-0.4, -0.2) is 26.2 Å². The van der Waals surface area contributed by atoms with Gasteiger partial charge >= 0.3 is 0 Å². The number of nitrogens with zero attached hydrogens (tertiary/aromatic N) is 1. The highest BCUT2D eigenvalue weighted by Gasteiger charge is 2.19. The predicted octanol–water partition coefficient (Wildman–Crippen LogP) is 3.01. The molecule has 126 valence electrons. The molecule has 6 nitrogen and oxygen atoms in total.